The zero-order chi connectivity index (χ0) is 13.3. The zero-order valence-corrected chi connectivity index (χ0v) is 11.3. The Morgan fingerprint density at radius 2 is 1.94 bits per heavy atom. The summed E-state index contributed by atoms with van der Waals surface area (Å²) in [7, 11) is 0. The molecular weight excluding hydrogens is 240 g/mol. The molecule has 0 aliphatic rings. The van der Waals surface area contributed by atoms with E-state index in [1.54, 1.807) is 0 Å². The molecule has 0 aromatic carbocycles. The van der Waals surface area contributed by atoms with Crippen LogP contribution in [-0.2, 0) is 9.59 Å². The molecular formula is C11H22N2O3S. The van der Waals surface area contributed by atoms with Crippen LogP contribution in [0.5, 0.6) is 0 Å². The summed E-state index contributed by atoms with van der Waals surface area (Å²) in [5.74, 6) is 0.325. The predicted molar refractivity (Wildman–Crippen MR) is 69.7 cm³/mol. The van der Waals surface area contributed by atoms with Crippen molar-refractivity contribution in [2.24, 2.45) is 5.73 Å². The van der Waals surface area contributed by atoms with Crippen molar-refractivity contribution in [1.82, 2.24) is 5.32 Å². The van der Waals surface area contributed by atoms with Crippen LogP contribution in [0.2, 0.25) is 0 Å². The molecule has 0 atom stereocenters. The first-order valence-electron chi connectivity index (χ1n) is 5.77. The van der Waals surface area contributed by atoms with E-state index in [-0.39, 0.29) is 24.2 Å². The summed E-state index contributed by atoms with van der Waals surface area (Å²) < 4.78 is 0. The molecule has 0 spiro atoms. The third-order valence-corrected chi connectivity index (χ3v) is 3.76. The molecule has 0 heterocycles. The number of nitrogens with two attached hydrogens (primary N) is 1. The highest BCUT2D eigenvalue weighted by Crippen LogP contribution is 2.14. The van der Waals surface area contributed by atoms with Gasteiger partial charge in [-0.1, -0.05) is 13.8 Å². The SMILES string of the molecule is CCC(CC)(CO)NC(=O)CCSCC(N)=O. The number of thioether (sulfide) groups is 1. The Bertz CT molecular complexity index is 247. The maximum Gasteiger partial charge on any atom is 0.227 e. The number of amides is 2. The summed E-state index contributed by atoms with van der Waals surface area (Å²) >= 11 is 1.34. The van der Waals surface area contributed by atoms with Gasteiger partial charge in [-0.15, -0.1) is 0 Å². The zero-order valence-electron chi connectivity index (χ0n) is 10.5. The van der Waals surface area contributed by atoms with Crippen molar-refractivity contribution in [2.75, 3.05) is 18.1 Å². The van der Waals surface area contributed by atoms with Gasteiger partial charge in [0.25, 0.3) is 0 Å². The molecule has 4 N–H and O–H groups in total. The standard InChI is InChI=1S/C11H22N2O3S/c1-3-11(4-2,8-14)13-10(16)5-6-17-7-9(12)15/h14H,3-8H2,1-2H3,(H2,12,15)(H,13,16). The average molecular weight is 262 g/mol. The molecule has 0 radical (unpaired) electrons. The number of carbonyl (C=O) groups is 2. The monoisotopic (exact) mass is 262 g/mol. The predicted octanol–water partition coefficient (Wildman–Crippen LogP) is 0.262. The normalized spacial score (nSPS) is 11.2. The summed E-state index contributed by atoms with van der Waals surface area (Å²) in [6, 6.07) is 0. The molecule has 0 unspecified atom stereocenters. The van der Waals surface area contributed by atoms with Crippen LogP contribution in [0.25, 0.3) is 0 Å². The lowest BCUT2D eigenvalue weighted by atomic mass is 9.94. The minimum absolute atomic E-state index is 0.0554. The van der Waals surface area contributed by atoms with E-state index in [0.717, 1.165) is 0 Å². The second kappa shape index (κ2) is 8.36. The number of nitrogens with one attached hydrogen (secondary N) is 1. The second-order valence-corrected chi connectivity index (χ2v) is 5.07. The van der Waals surface area contributed by atoms with Gasteiger partial charge < -0.3 is 16.2 Å². The van der Waals surface area contributed by atoms with E-state index in [1.807, 2.05) is 13.8 Å². The van der Waals surface area contributed by atoms with E-state index in [1.165, 1.54) is 11.8 Å². The van der Waals surface area contributed by atoms with Gasteiger partial charge in [-0.05, 0) is 12.8 Å². The highest BCUT2D eigenvalue weighted by Gasteiger charge is 2.26. The Hall–Kier alpha value is -0.750. The van der Waals surface area contributed by atoms with Crippen molar-refractivity contribution < 1.29 is 14.7 Å². The molecule has 0 bridgehead atoms. The number of primary amides is 1. The van der Waals surface area contributed by atoms with E-state index >= 15 is 0 Å². The molecule has 0 aliphatic heterocycles. The van der Waals surface area contributed by atoms with Crippen LogP contribution in [0.3, 0.4) is 0 Å². The lowest BCUT2D eigenvalue weighted by Crippen LogP contribution is -2.50. The third kappa shape index (κ3) is 6.53. The molecule has 17 heavy (non-hydrogen) atoms. The maximum atomic E-state index is 11.6. The molecule has 0 aromatic heterocycles. The highest BCUT2D eigenvalue weighted by molar-refractivity contribution is 7.99. The lowest BCUT2D eigenvalue weighted by Gasteiger charge is -2.30. The Morgan fingerprint density at radius 3 is 2.35 bits per heavy atom. The van der Waals surface area contributed by atoms with Crippen LogP contribution in [0.4, 0.5) is 0 Å². The van der Waals surface area contributed by atoms with Crippen molar-refractivity contribution in [3.63, 3.8) is 0 Å². The third-order valence-electron chi connectivity index (χ3n) is 2.78. The number of rotatable bonds is 9. The number of aliphatic hydroxyl groups is 1. The average Bonchev–Trinajstić information content (AvgIpc) is 2.32. The molecule has 6 heteroatoms. The van der Waals surface area contributed by atoms with Crippen LogP contribution in [0, 0.1) is 0 Å². The van der Waals surface area contributed by atoms with Crippen LogP contribution >= 0.6 is 11.8 Å². The molecule has 0 aliphatic carbocycles. The summed E-state index contributed by atoms with van der Waals surface area (Å²) in [6.45, 7) is 3.81. The second-order valence-electron chi connectivity index (χ2n) is 3.96. The molecule has 2 amide bonds. The fraction of sp³-hybridized carbons (Fsp3) is 0.818. The van der Waals surface area contributed by atoms with Crippen molar-refractivity contribution in [1.29, 1.82) is 0 Å². The van der Waals surface area contributed by atoms with Gasteiger partial charge in [0.15, 0.2) is 0 Å². The number of hydrogen-bond acceptors (Lipinski definition) is 4. The molecule has 0 rings (SSSR count). The molecule has 0 saturated carbocycles. The summed E-state index contributed by atoms with van der Waals surface area (Å²) in [5, 5.41) is 12.1. The minimum atomic E-state index is -0.508. The molecule has 100 valence electrons. The van der Waals surface area contributed by atoms with Crippen LogP contribution in [0.1, 0.15) is 33.1 Å². The topological polar surface area (TPSA) is 92.4 Å². The largest absolute Gasteiger partial charge is 0.394 e. The molecule has 0 fully saturated rings. The highest BCUT2D eigenvalue weighted by atomic mass is 32.2. The molecule has 5 nitrogen and oxygen atoms in total. The fourth-order valence-corrected chi connectivity index (χ4v) is 2.06. The van der Waals surface area contributed by atoms with Gasteiger partial charge in [-0.2, -0.15) is 11.8 Å². The van der Waals surface area contributed by atoms with Crippen LogP contribution in [-0.4, -0.2) is 40.6 Å². The summed E-state index contributed by atoms with van der Waals surface area (Å²) in [5.41, 5.74) is 4.47. The van der Waals surface area contributed by atoms with E-state index in [9.17, 15) is 14.7 Å². The minimum Gasteiger partial charge on any atom is -0.394 e. The Balaban J connectivity index is 3.95. The van der Waals surface area contributed by atoms with E-state index in [4.69, 9.17) is 5.73 Å². The number of aliphatic hydroxyl groups excluding tert-OH is 1. The van der Waals surface area contributed by atoms with Gasteiger partial charge in [0.05, 0.1) is 17.9 Å². The quantitative estimate of drug-likeness (QED) is 0.520. The maximum absolute atomic E-state index is 11.6. The fourth-order valence-electron chi connectivity index (χ4n) is 1.39. The Morgan fingerprint density at radius 1 is 1.35 bits per heavy atom. The first-order chi connectivity index (χ1) is 7.99. The van der Waals surface area contributed by atoms with Gasteiger partial charge in [0.1, 0.15) is 0 Å². The first-order valence-corrected chi connectivity index (χ1v) is 6.93. The lowest BCUT2D eigenvalue weighted by molar-refractivity contribution is -0.123. The van der Waals surface area contributed by atoms with Gasteiger partial charge in [-0.25, -0.2) is 0 Å². The van der Waals surface area contributed by atoms with Crippen LogP contribution in [0.15, 0.2) is 0 Å². The Kier molecular flexibility index (Phi) is 7.99. The van der Waals surface area contributed by atoms with E-state index in [2.05, 4.69) is 5.32 Å². The number of carbonyl (C=O) groups excluding carboxylic acids is 2. The number of hydrogen-bond donors (Lipinski definition) is 3. The van der Waals surface area contributed by atoms with Gasteiger partial charge in [0, 0.05) is 12.2 Å². The molecule has 0 saturated heterocycles. The first kappa shape index (κ1) is 16.2. The molecule has 0 aromatic rings. The van der Waals surface area contributed by atoms with Crippen molar-refractivity contribution in [2.45, 2.75) is 38.6 Å². The van der Waals surface area contributed by atoms with E-state index < -0.39 is 5.54 Å². The smallest absolute Gasteiger partial charge is 0.227 e. The summed E-state index contributed by atoms with van der Waals surface area (Å²) in [4.78, 5) is 22.1. The van der Waals surface area contributed by atoms with Gasteiger partial charge in [-0.3, -0.25) is 9.59 Å². The summed E-state index contributed by atoms with van der Waals surface area (Å²) in [6.07, 6.45) is 1.72. The van der Waals surface area contributed by atoms with Gasteiger partial charge >= 0.3 is 0 Å². The van der Waals surface area contributed by atoms with E-state index in [0.29, 0.717) is 25.0 Å². The van der Waals surface area contributed by atoms with Crippen LogP contribution < -0.4 is 11.1 Å². The van der Waals surface area contributed by atoms with Gasteiger partial charge in [0.2, 0.25) is 11.8 Å². The Labute approximate surface area is 107 Å². The van der Waals surface area contributed by atoms with Crippen molar-refractivity contribution >= 4 is 23.6 Å². The van der Waals surface area contributed by atoms with Crippen molar-refractivity contribution in [3.05, 3.63) is 0 Å². The van der Waals surface area contributed by atoms with Crippen molar-refractivity contribution in [3.8, 4) is 0 Å².